The summed E-state index contributed by atoms with van der Waals surface area (Å²) in [6, 6.07) is 0. The topological polar surface area (TPSA) is 37.3 Å². The van der Waals surface area contributed by atoms with Crippen molar-refractivity contribution < 1.29 is 9.90 Å². The highest BCUT2D eigenvalue weighted by molar-refractivity contribution is 5.83. The van der Waals surface area contributed by atoms with Crippen LogP contribution in [0.3, 0.4) is 0 Å². The molecule has 4 fully saturated rings. The molecule has 0 heterocycles. The van der Waals surface area contributed by atoms with Crippen LogP contribution >= 0.6 is 0 Å². The normalized spacial score (nSPS) is 57.9. The van der Waals surface area contributed by atoms with Gasteiger partial charge in [-0.3, -0.25) is 4.79 Å². The SMILES string of the molecule is CCC(=O)C1C[C@]2(C)CC[C@@H]3C(C)(C)C[C@]4(C)CC[C@@]1(O)C324. The number of carbonyl (C=O) groups is 1. The van der Waals surface area contributed by atoms with Gasteiger partial charge in [-0.2, -0.15) is 0 Å². The molecule has 2 nitrogen and oxygen atoms in total. The molecule has 2 unspecified atom stereocenters. The monoisotopic (exact) mass is 304 g/mol. The second kappa shape index (κ2) is 3.82. The Kier molecular flexibility index (Phi) is 2.63. The molecule has 0 aliphatic heterocycles. The third-order valence-electron chi connectivity index (χ3n) is 8.91. The first-order chi connectivity index (χ1) is 10.1. The molecule has 0 radical (unpaired) electrons. The maximum Gasteiger partial charge on any atom is 0.138 e. The average Bonchev–Trinajstić information content (AvgIpc) is 2.99. The summed E-state index contributed by atoms with van der Waals surface area (Å²) in [7, 11) is 0. The van der Waals surface area contributed by atoms with Gasteiger partial charge in [0.15, 0.2) is 0 Å². The molecule has 0 saturated heterocycles. The Morgan fingerprint density at radius 3 is 2.41 bits per heavy atom. The van der Waals surface area contributed by atoms with Crippen LogP contribution < -0.4 is 0 Å². The van der Waals surface area contributed by atoms with Gasteiger partial charge in [-0.25, -0.2) is 0 Å². The molecule has 6 atom stereocenters. The van der Waals surface area contributed by atoms with E-state index in [9.17, 15) is 9.90 Å². The van der Waals surface area contributed by atoms with Crippen LogP contribution in [0.1, 0.15) is 79.6 Å². The minimum Gasteiger partial charge on any atom is -0.389 e. The third-order valence-corrected chi connectivity index (χ3v) is 8.91. The molecule has 0 aromatic heterocycles. The zero-order chi connectivity index (χ0) is 16.2. The van der Waals surface area contributed by atoms with Crippen molar-refractivity contribution in [1.82, 2.24) is 0 Å². The Morgan fingerprint density at radius 2 is 1.77 bits per heavy atom. The van der Waals surface area contributed by atoms with Crippen molar-refractivity contribution >= 4 is 5.78 Å². The van der Waals surface area contributed by atoms with Gasteiger partial charge < -0.3 is 5.11 Å². The second-order valence-corrected chi connectivity index (χ2v) is 10.2. The van der Waals surface area contributed by atoms with Gasteiger partial charge >= 0.3 is 0 Å². The molecule has 0 aromatic rings. The van der Waals surface area contributed by atoms with E-state index in [1.807, 2.05) is 6.92 Å². The van der Waals surface area contributed by atoms with Gasteiger partial charge in [0.25, 0.3) is 0 Å². The number of hydrogen-bond donors (Lipinski definition) is 1. The van der Waals surface area contributed by atoms with E-state index in [-0.39, 0.29) is 22.2 Å². The minimum atomic E-state index is -0.738. The molecular weight excluding hydrogens is 272 g/mol. The van der Waals surface area contributed by atoms with Crippen LogP contribution in [0.5, 0.6) is 0 Å². The Morgan fingerprint density at radius 1 is 1.09 bits per heavy atom. The van der Waals surface area contributed by atoms with Crippen LogP contribution in [0.4, 0.5) is 0 Å². The van der Waals surface area contributed by atoms with Crippen LogP contribution in [0.25, 0.3) is 0 Å². The van der Waals surface area contributed by atoms with Gasteiger partial charge in [0.2, 0.25) is 0 Å². The largest absolute Gasteiger partial charge is 0.389 e. The molecule has 1 N–H and O–H groups in total. The quantitative estimate of drug-likeness (QED) is 0.823. The highest BCUT2D eigenvalue weighted by Gasteiger charge is 2.86. The average molecular weight is 304 g/mol. The zero-order valence-corrected chi connectivity index (χ0v) is 15.0. The first-order valence-corrected chi connectivity index (χ1v) is 9.33. The lowest BCUT2D eigenvalue weighted by Crippen LogP contribution is -2.55. The summed E-state index contributed by atoms with van der Waals surface area (Å²) < 4.78 is 0. The van der Waals surface area contributed by atoms with Crippen LogP contribution in [0, 0.1) is 33.5 Å². The molecule has 0 bridgehead atoms. The van der Waals surface area contributed by atoms with Gasteiger partial charge in [0.05, 0.1) is 5.60 Å². The van der Waals surface area contributed by atoms with Crippen molar-refractivity contribution in [2.24, 2.45) is 33.5 Å². The van der Waals surface area contributed by atoms with E-state index in [1.165, 1.54) is 19.3 Å². The zero-order valence-electron chi connectivity index (χ0n) is 15.0. The Bertz CT molecular complexity index is 552. The van der Waals surface area contributed by atoms with E-state index in [4.69, 9.17) is 0 Å². The van der Waals surface area contributed by atoms with E-state index >= 15 is 0 Å². The Labute approximate surface area is 135 Å². The van der Waals surface area contributed by atoms with Crippen molar-refractivity contribution in [1.29, 1.82) is 0 Å². The lowest BCUT2D eigenvalue weighted by molar-refractivity contribution is -0.153. The minimum absolute atomic E-state index is 0.0218. The summed E-state index contributed by atoms with van der Waals surface area (Å²) in [4.78, 5) is 12.7. The molecule has 124 valence electrons. The summed E-state index contributed by atoms with van der Waals surface area (Å²) in [5.74, 6) is 0.776. The standard InChI is InChI=1S/C20H32O2/c1-6-14(21)13-11-17(4)8-7-15-16(2,3)12-18(5)9-10-19(13,22)20(15,17)18/h13,15,22H,6-12H2,1-5H3/t13?,15-,17+,18+,19+,20?/m1/s1. The van der Waals surface area contributed by atoms with Crippen LogP contribution in [0.15, 0.2) is 0 Å². The van der Waals surface area contributed by atoms with Crippen molar-refractivity contribution in [3.05, 3.63) is 0 Å². The van der Waals surface area contributed by atoms with Gasteiger partial charge in [-0.05, 0) is 60.7 Å². The fourth-order valence-corrected chi connectivity index (χ4v) is 8.95. The fraction of sp³-hybridized carbons (Fsp3) is 0.950. The van der Waals surface area contributed by atoms with Crippen molar-refractivity contribution in [3.63, 3.8) is 0 Å². The summed E-state index contributed by atoms with van der Waals surface area (Å²) >= 11 is 0. The molecule has 4 aliphatic carbocycles. The molecular formula is C20H32O2. The number of hydrogen-bond acceptors (Lipinski definition) is 2. The van der Waals surface area contributed by atoms with E-state index in [0.717, 1.165) is 19.3 Å². The third kappa shape index (κ3) is 1.22. The van der Waals surface area contributed by atoms with Gasteiger partial charge in [0.1, 0.15) is 5.78 Å². The predicted octanol–water partition coefficient (Wildman–Crippen LogP) is 4.35. The van der Waals surface area contributed by atoms with Crippen molar-refractivity contribution in [3.8, 4) is 0 Å². The molecule has 0 aromatic carbocycles. The highest BCUT2D eigenvalue weighted by atomic mass is 16.3. The van der Waals surface area contributed by atoms with Gasteiger partial charge in [-0.15, -0.1) is 0 Å². The molecule has 0 amide bonds. The smallest absolute Gasteiger partial charge is 0.138 e. The summed E-state index contributed by atoms with van der Waals surface area (Å²) in [5, 5.41) is 12.0. The highest BCUT2D eigenvalue weighted by Crippen LogP contribution is 2.88. The lowest BCUT2D eigenvalue weighted by Gasteiger charge is -2.52. The van der Waals surface area contributed by atoms with Crippen molar-refractivity contribution in [2.75, 3.05) is 0 Å². The summed E-state index contributed by atoms with van der Waals surface area (Å²) in [6.07, 6.45) is 7.12. The second-order valence-electron chi connectivity index (χ2n) is 10.2. The van der Waals surface area contributed by atoms with Gasteiger partial charge in [0, 0.05) is 17.8 Å². The van der Waals surface area contributed by atoms with E-state index < -0.39 is 5.60 Å². The summed E-state index contributed by atoms with van der Waals surface area (Å²) in [6.45, 7) is 11.6. The molecule has 22 heavy (non-hydrogen) atoms. The fourth-order valence-electron chi connectivity index (χ4n) is 8.95. The molecule has 1 spiro atoms. The Hall–Kier alpha value is -0.370. The van der Waals surface area contributed by atoms with E-state index in [1.54, 1.807) is 0 Å². The molecule has 4 aliphatic rings. The molecule has 2 heteroatoms. The number of Topliss-reactive ketones (excluding diaryl/α,β-unsaturated/α-hetero) is 1. The van der Waals surface area contributed by atoms with Crippen molar-refractivity contribution in [2.45, 2.75) is 85.2 Å². The van der Waals surface area contributed by atoms with Gasteiger partial charge in [-0.1, -0.05) is 34.6 Å². The maximum absolute atomic E-state index is 12.7. The number of carbonyl (C=O) groups excluding carboxylic acids is 1. The first-order valence-electron chi connectivity index (χ1n) is 9.33. The maximum atomic E-state index is 12.7. The number of rotatable bonds is 2. The first kappa shape index (κ1) is 15.2. The predicted molar refractivity (Wildman–Crippen MR) is 87.4 cm³/mol. The summed E-state index contributed by atoms with van der Waals surface area (Å²) in [5.41, 5.74) is -0.0968. The van der Waals surface area contributed by atoms with Crippen LogP contribution in [-0.4, -0.2) is 16.5 Å². The number of aliphatic hydroxyl groups is 1. The van der Waals surface area contributed by atoms with Crippen LogP contribution in [0.2, 0.25) is 0 Å². The lowest BCUT2D eigenvalue weighted by atomic mass is 9.53. The van der Waals surface area contributed by atoms with E-state index in [0.29, 0.717) is 23.5 Å². The van der Waals surface area contributed by atoms with Crippen LogP contribution in [-0.2, 0) is 4.79 Å². The molecule has 4 saturated carbocycles. The number of ketones is 1. The van der Waals surface area contributed by atoms with E-state index in [2.05, 4.69) is 27.7 Å². The Balaban J connectivity index is 1.96. The molecule has 4 rings (SSSR count).